The van der Waals surface area contributed by atoms with Crippen molar-refractivity contribution >= 4 is 33.1 Å². The number of amides is 1. The Morgan fingerprint density at radius 3 is 2.62 bits per heavy atom. The molecule has 3 heterocycles. The molecule has 0 aliphatic carbocycles. The third kappa shape index (κ3) is 3.57. The Morgan fingerprint density at radius 2 is 1.97 bits per heavy atom. The Hall–Kier alpha value is -2.61. The van der Waals surface area contributed by atoms with Gasteiger partial charge in [-0.3, -0.25) is 4.79 Å². The Balaban J connectivity index is 1.89. The summed E-state index contributed by atoms with van der Waals surface area (Å²) in [6.07, 6.45) is -1.82. The van der Waals surface area contributed by atoms with E-state index in [1.54, 1.807) is 35.2 Å². The maximum absolute atomic E-state index is 13.8. The molecule has 1 aliphatic rings. The van der Waals surface area contributed by atoms with Gasteiger partial charge < -0.3 is 10.6 Å². The quantitative estimate of drug-likeness (QED) is 0.590. The van der Waals surface area contributed by atoms with Crippen molar-refractivity contribution in [2.75, 3.05) is 12.3 Å². The van der Waals surface area contributed by atoms with E-state index in [0.717, 1.165) is 36.7 Å². The third-order valence-corrected chi connectivity index (χ3v) is 6.42. The molecule has 1 saturated heterocycles. The van der Waals surface area contributed by atoms with Crippen LogP contribution < -0.4 is 5.73 Å². The zero-order valence-electron chi connectivity index (χ0n) is 15.8. The lowest BCUT2D eigenvalue weighted by atomic mass is 10.0. The molecule has 4 nitrogen and oxygen atoms in total. The summed E-state index contributed by atoms with van der Waals surface area (Å²) in [5.74, 6) is -0.313. The molecule has 0 spiro atoms. The summed E-state index contributed by atoms with van der Waals surface area (Å²) in [4.78, 5) is 19.4. The number of carbonyl (C=O) groups excluding carboxylic acids is 1. The van der Waals surface area contributed by atoms with E-state index in [-0.39, 0.29) is 38.4 Å². The van der Waals surface area contributed by atoms with Gasteiger partial charge in [-0.05, 0) is 32.3 Å². The molecule has 1 aromatic carbocycles. The highest BCUT2D eigenvalue weighted by Gasteiger charge is 2.37. The lowest BCUT2D eigenvalue weighted by Gasteiger charge is -2.33. The number of likely N-dealkylation sites (tertiary alicyclic amines) is 1. The van der Waals surface area contributed by atoms with Crippen LogP contribution in [0.1, 0.15) is 41.4 Å². The van der Waals surface area contributed by atoms with Gasteiger partial charge in [0.1, 0.15) is 9.71 Å². The van der Waals surface area contributed by atoms with E-state index >= 15 is 0 Å². The zero-order chi connectivity index (χ0) is 20.8. The predicted octanol–water partition coefficient (Wildman–Crippen LogP) is 5.58. The molecule has 0 bridgehead atoms. The van der Waals surface area contributed by atoms with E-state index in [1.165, 1.54) is 0 Å². The molecule has 1 fully saturated rings. The van der Waals surface area contributed by atoms with Gasteiger partial charge in [0.05, 0.1) is 16.9 Å². The van der Waals surface area contributed by atoms with Gasteiger partial charge in [-0.1, -0.05) is 30.3 Å². The number of alkyl halides is 3. The first-order valence-electron chi connectivity index (χ1n) is 9.44. The molecule has 8 heteroatoms. The second kappa shape index (κ2) is 7.33. The maximum Gasteiger partial charge on any atom is 0.417 e. The highest BCUT2D eigenvalue weighted by molar-refractivity contribution is 7.21. The Morgan fingerprint density at radius 1 is 1.24 bits per heavy atom. The summed E-state index contributed by atoms with van der Waals surface area (Å²) in [5.41, 5.74) is 5.89. The predicted molar refractivity (Wildman–Crippen MR) is 109 cm³/mol. The molecule has 1 aliphatic heterocycles. The number of piperidine rings is 1. The standard InChI is InChI=1S/C21H20F3N3OS/c1-12-7-5-6-10-27(12)20(28)18-17(25)16-14(21(22,23)24)11-15(26-19(16)29-18)13-8-3-2-4-9-13/h2-4,8-9,11-12H,5-7,10,25H2,1H3/t12-/m0/s1. The highest BCUT2D eigenvalue weighted by Crippen LogP contribution is 2.44. The van der Waals surface area contributed by atoms with Gasteiger partial charge >= 0.3 is 6.18 Å². The molecular weight excluding hydrogens is 399 g/mol. The number of nitrogen functional groups attached to an aromatic ring is 1. The summed E-state index contributed by atoms with van der Waals surface area (Å²) in [5, 5.41) is -0.185. The largest absolute Gasteiger partial charge is 0.417 e. The lowest BCUT2D eigenvalue weighted by molar-refractivity contribution is -0.136. The van der Waals surface area contributed by atoms with Gasteiger partial charge in [-0.25, -0.2) is 4.98 Å². The molecule has 0 radical (unpaired) electrons. The van der Waals surface area contributed by atoms with Crippen LogP contribution in [0.2, 0.25) is 0 Å². The number of nitrogens with zero attached hydrogens (tertiary/aromatic N) is 2. The summed E-state index contributed by atoms with van der Waals surface area (Å²) < 4.78 is 41.5. The first-order chi connectivity index (χ1) is 13.8. The number of thiophene rings is 1. The topological polar surface area (TPSA) is 59.2 Å². The average Bonchev–Trinajstić information content (AvgIpc) is 3.03. The van der Waals surface area contributed by atoms with Gasteiger partial charge in [0.2, 0.25) is 0 Å². The Labute approximate surface area is 170 Å². The van der Waals surface area contributed by atoms with E-state index in [2.05, 4.69) is 4.98 Å². The molecule has 1 atom stereocenters. The van der Waals surface area contributed by atoms with Crippen LogP contribution in [-0.2, 0) is 6.18 Å². The van der Waals surface area contributed by atoms with Crippen molar-refractivity contribution in [3.8, 4) is 11.3 Å². The van der Waals surface area contributed by atoms with Crippen molar-refractivity contribution < 1.29 is 18.0 Å². The number of anilines is 1. The summed E-state index contributed by atoms with van der Waals surface area (Å²) in [6, 6.07) is 9.72. The number of hydrogen-bond donors (Lipinski definition) is 1. The normalized spacial score (nSPS) is 17.7. The Kier molecular flexibility index (Phi) is 4.98. The first-order valence-corrected chi connectivity index (χ1v) is 10.3. The molecule has 2 N–H and O–H groups in total. The fraction of sp³-hybridized carbons (Fsp3) is 0.333. The van der Waals surface area contributed by atoms with Crippen molar-refractivity contribution in [2.24, 2.45) is 0 Å². The van der Waals surface area contributed by atoms with Gasteiger partial charge in [0, 0.05) is 23.5 Å². The molecule has 3 aromatic rings. The number of rotatable bonds is 2. The molecule has 2 aromatic heterocycles. The highest BCUT2D eigenvalue weighted by atomic mass is 32.1. The number of pyridine rings is 1. The lowest BCUT2D eigenvalue weighted by Crippen LogP contribution is -2.41. The molecule has 29 heavy (non-hydrogen) atoms. The third-order valence-electron chi connectivity index (χ3n) is 5.33. The summed E-state index contributed by atoms with van der Waals surface area (Å²) in [6.45, 7) is 2.54. The fourth-order valence-electron chi connectivity index (χ4n) is 3.79. The van der Waals surface area contributed by atoms with Crippen LogP contribution >= 0.6 is 11.3 Å². The van der Waals surface area contributed by atoms with Crippen molar-refractivity contribution in [1.29, 1.82) is 0 Å². The van der Waals surface area contributed by atoms with Gasteiger partial charge in [-0.15, -0.1) is 11.3 Å². The minimum atomic E-state index is -4.61. The molecular formula is C21H20F3N3OS. The zero-order valence-corrected chi connectivity index (χ0v) is 16.6. The van der Waals surface area contributed by atoms with Crippen LogP contribution in [0.3, 0.4) is 0 Å². The second-order valence-electron chi connectivity index (χ2n) is 7.29. The average molecular weight is 419 g/mol. The maximum atomic E-state index is 13.8. The molecule has 0 saturated carbocycles. The van der Waals surface area contributed by atoms with Crippen LogP contribution in [0.4, 0.5) is 18.9 Å². The second-order valence-corrected chi connectivity index (χ2v) is 8.29. The molecule has 152 valence electrons. The number of nitrogens with two attached hydrogens (primary N) is 1. The Bertz CT molecular complexity index is 1060. The minimum absolute atomic E-state index is 0.0378. The number of hydrogen-bond acceptors (Lipinski definition) is 4. The van der Waals surface area contributed by atoms with Crippen LogP contribution in [0.5, 0.6) is 0 Å². The first kappa shape index (κ1) is 19.7. The van der Waals surface area contributed by atoms with Crippen molar-refractivity contribution in [2.45, 2.75) is 38.4 Å². The smallest absolute Gasteiger partial charge is 0.397 e. The van der Waals surface area contributed by atoms with Crippen LogP contribution in [0.25, 0.3) is 21.5 Å². The van der Waals surface area contributed by atoms with E-state index in [4.69, 9.17) is 5.73 Å². The summed E-state index contributed by atoms with van der Waals surface area (Å²) in [7, 11) is 0. The van der Waals surface area contributed by atoms with E-state index in [1.807, 2.05) is 6.92 Å². The van der Waals surface area contributed by atoms with Crippen molar-refractivity contribution in [1.82, 2.24) is 9.88 Å². The van der Waals surface area contributed by atoms with Crippen LogP contribution in [0.15, 0.2) is 36.4 Å². The van der Waals surface area contributed by atoms with E-state index < -0.39 is 11.7 Å². The van der Waals surface area contributed by atoms with Crippen molar-refractivity contribution in [3.05, 3.63) is 46.8 Å². The van der Waals surface area contributed by atoms with E-state index in [0.29, 0.717) is 12.1 Å². The minimum Gasteiger partial charge on any atom is -0.397 e. The van der Waals surface area contributed by atoms with Crippen molar-refractivity contribution in [3.63, 3.8) is 0 Å². The molecule has 0 unspecified atom stereocenters. The number of fused-ring (bicyclic) bond motifs is 1. The van der Waals surface area contributed by atoms with Crippen LogP contribution in [-0.4, -0.2) is 28.4 Å². The van der Waals surface area contributed by atoms with Gasteiger partial charge in [0.15, 0.2) is 0 Å². The van der Waals surface area contributed by atoms with Gasteiger partial charge in [-0.2, -0.15) is 13.2 Å². The molecule has 4 rings (SSSR count). The molecule has 1 amide bonds. The monoisotopic (exact) mass is 419 g/mol. The SMILES string of the molecule is C[C@H]1CCCCN1C(=O)c1sc2nc(-c3ccccc3)cc(C(F)(F)F)c2c1N. The number of carbonyl (C=O) groups is 1. The van der Waals surface area contributed by atoms with E-state index in [9.17, 15) is 18.0 Å². The number of halogens is 3. The number of aromatic nitrogens is 1. The fourth-order valence-corrected chi connectivity index (χ4v) is 4.87. The summed E-state index contributed by atoms with van der Waals surface area (Å²) >= 11 is 0.939. The van der Waals surface area contributed by atoms with Gasteiger partial charge in [0.25, 0.3) is 5.91 Å². The number of benzene rings is 1. The van der Waals surface area contributed by atoms with Crippen LogP contribution in [0, 0.1) is 0 Å².